The molecule has 1 aliphatic rings. The van der Waals surface area contributed by atoms with Crippen molar-refractivity contribution in [3.63, 3.8) is 0 Å². The number of thiol groups is 1. The molecule has 5 N–H and O–H groups in total. The van der Waals surface area contributed by atoms with Gasteiger partial charge in [-0.15, -0.1) is 0 Å². The Balaban J connectivity index is 1.86. The zero-order valence-electron chi connectivity index (χ0n) is 23.7. The maximum Gasteiger partial charge on any atom is 0.326 e. The second kappa shape index (κ2) is 15.8. The van der Waals surface area contributed by atoms with Crippen LogP contribution in [0.2, 0.25) is 0 Å². The Morgan fingerprint density at radius 1 is 1.14 bits per heavy atom. The highest BCUT2D eigenvalue weighted by molar-refractivity contribution is 7.80. The molecule has 1 saturated heterocycles. The molecule has 12 nitrogen and oxygen atoms in total. The molecule has 0 unspecified atom stereocenters. The number of carbonyl (C=O) groups is 5. The molecule has 0 saturated carbocycles. The first kappa shape index (κ1) is 32.4. The second-order valence-electron chi connectivity index (χ2n) is 10.5. The van der Waals surface area contributed by atoms with Crippen LogP contribution in [0.3, 0.4) is 0 Å². The molecule has 0 spiro atoms. The number of rotatable bonds is 14. The van der Waals surface area contributed by atoms with Gasteiger partial charge in [-0.25, -0.2) is 9.78 Å². The highest BCUT2D eigenvalue weighted by Gasteiger charge is 2.35. The molecule has 1 fully saturated rings. The lowest BCUT2D eigenvalue weighted by Crippen LogP contribution is -2.54. The molecule has 13 heteroatoms. The van der Waals surface area contributed by atoms with E-state index in [4.69, 9.17) is 0 Å². The standard InChI is InChI=1S/C29H38N6O6S/c1-18(2)13-23(29(40)41)34-27(38)22(15-20-16-30-17-31-20)32-26(37)21(14-19-7-4-3-5-8-19)33-28(39)24-9-6-11-35(24)25(36)10-12-42/h3-5,7-8,14,16-18,22-24,42H,6,9-13,15H2,1-2H3,(H,30,31)(H,32,37)(H,33,39)(H,34,38)(H,40,41)/t22-,23-,24-/m0/s1. The summed E-state index contributed by atoms with van der Waals surface area (Å²) in [5, 5.41) is 17.5. The minimum Gasteiger partial charge on any atom is -0.480 e. The normalized spacial score (nSPS) is 16.5. The number of benzene rings is 1. The van der Waals surface area contributed by atoms with Crippen molar-refractivity contribution in [1.82, 2.24) is 30.8 Å². The lowest BCUT2D eigenvalue weighted by molar-refractivity contribution is -0.142. The molecular formula is C29H38N6O6S. The fraction of sp³-hybridized carbons (Fsp3) is 0.448. The van der Waals surface area contributed by atoms with Gasteiger partial charge in [0, 0.05) is 31.3 Å². The Labute approximate surface area is 250 Å². The van der Waals surface area contributed by atoms with Gasteiger partial charge in [-0.1, -0.05) is 44.2 Å². The van der Waals surface area contributed by atoms with Gasteiger partial charge in [0.15, 0.2) is 0 Å². The second-order valence-corrected chi connectivity index (χ2v) is 11.0. The number of carbonyl (C=O) groups excluding carboxylic acids is 4. The molecule has 0 bridgehead atoms. The zero-order chi connectivity index (χ0) is 30.6. The molecule has 226 valence electrons. The van der Waals surface area contributed by atoms with E-state index in [0.29, 0.717) is 36.4 Å². The molecule has 0 radical (unpaired) electrons. The van der Waals surface area contributed by atoms with E-state index in [2.05, 4.69) is 38.5 Å². The average molecular weight is 599 g/mol. The highest BCUT2D eigenvalue weighted by atomic mass is 32.1. The minimum atomic E-state index is -1.19. The Morgan fingerprint density at radius 2 is 1.88 bits per heavy atom. The van der Waals surface area contributed by atoms with Gasteiger partial charge in [-0.05, 0) is 42.6 Å². The summed E-state index contributed by atoms with van der Waals surface area (Å²) in [4.78, 5) is 73.0. The van der Waals surface area contributed by atoms with Crippen molar-refractivity contribution in [2.45, 2.75) is 64.1 Å². The Kier molecular flexibility index (Phi) is 12.1. The summed E-state index contributed by atoms with van der Waals surface area (Å²) in [7, 11) is 0. The van der Waals surface area contributed by atoms with Gasteiger partial charge >= 0.3 is 5.97 Å². The van der Waals surface area contributed by atoms with Crippen molar-refractivity contribution in [1.29, 1.82) is 0 Å². The maximum atomic E-state index is 13.6. The topological polar surface area (TPSA) is 174 Å². The summed E-state index contributed by atoms with van der Waals surface area (Å²) < 4.78 is 0. The molecule has 1 aromatic heterocycles. The first-order valence-corrected chi connectivity index (χ1v) is 14.5. The molecule has 3 atom stereocenters. The summed E-state index contributed by atoms with van der Waals surface area (Å²) in [5.41, 5.74) is 1.03. The molecule has 2 aromatic rings. The largest absolute Gasteiger partial charge is 0.480 e. The van der Waals surface area contributed by atoms with Crippen LogP contribution >= 0.6 is 12.6 Å². The van der Waals surface area contributed by atoms with Crippen LogP contribution in [0, 0.1) is 5.92 Å². The van der Waals surface area contributed by atoms with E-state index in [9.17, 15) is 29.1 Å². The van der Waals surface area contributed by atoms with Crippen LogP contribution in [0.25, 0.3) is 6.08 Å². The first-order chi connectivity index (χ1) is 20.1. The third kappa shape index (κ3) is 9.47. The van der Waals surface area contributed by atoms with E-state index in [1.807, 2.05) is 13.8 Å². The lowest BCUT2D eigenvalue weighted by Gasteiger charge is -2.25. The SMILES string of the molecule is CC(C)C[C@H](NC(=O)[C@H](Cc1cnc[nH]1)NC(=O)C(=Cc1ccccc1)NC(=O)[C@@H]1CCCN1C(=O)CCS)C(=O)O. The Hall–Kier alpha value is -4.13. The van der Waals surface area contributed by atoms with Crippen LogP contribution in [-0.2, 0) is 30.4 Å². The third-order valence-corrected chi connectivity index (χ3v) is 6.96. The van der Waals surface area contributed by atoms with Crippen LogP contribution < -0.4 is 16.0 Å². The van der Waals surface area contributed by atoms with E-state index in [-0.39, 0.29) is 36.8 Å². The van der Waals surface area contributed by atoms with Gasteiger partial charge in [0.25, 0.3) is 5.91 Å². The number of aromatic amines is 1. The number of nitrogens with one attached hydrogen (secondary N) is 4. The van der Waals surface area contributed by atoms with Gasteiger partial charge < -0.3 is 30.9 Å². The van der Waals surface area contributed by atoms with Crippen molar-refractivity contribution in [3.8, 4) is 0 Å². The molecule has 4 amide bonds. The smallest absolute Gasteiger partial charge is 0.326 e. The fourth-order valence-corrected chi connectivity index (χ4v) is 4.89. The molecule has 0 aliphatic carbocycles. The van der Waals surface area contributed by atoms with E-state index in [0.717, 1.165) is 0 Å². The number of hydrogen-bond donors (Lipinski definition) is 6. The molecule has 2 heterocycles. The van der Waals surface area contributed by atoms with E-state index in [1.54, 1.807) is 30.3 Å². The summed E-state index contributed by atoms with van der Waals surface area (Å²) in [6.45, 7) is 4.11. The van der Waals surface area contributed by atoms with Crippen molar-refractivity contribution in [2.75, 3.05) is 12.3 Å². The van der Waals surface area contributed by atoms with E-state index < -0.39 is 41.8 Å². The third-order valence-electron chi connectivity index (χ3n) is 6.74. The van der Waals surface area contributed by atoms with Gasteiger partial charge in [0.1, 0.15) is 23.8 Å². The summed E-state index contributed by atoms with van der Waals surface area (Å²) in [6.07, 6.45) is 5.88. The number of carboxylic acids is 1. The quantitative estimate of drug-likeness (QED) is 0.141. The van der Waals surface area contributed by atoms with Crippen LogP contribution in [0.15, 0.2) is 48.6 Å². The van der Waals surface area contributed by atoms with E-state index >= 15 is 0 Å². The maximum absolute atomic E-state index is 13.6. The summed E-state index contributed by atoms with van der Waals surface area (Å²) in [5.74, 6) is -3.00. The number of H-pyrrole nitrogens is 1. The molecule has 1 aromatic carbocycles. The molecule has 42 heavy (non-hydrogen) atoms. The number of aromatic nitrogens is 2. The van der Waals surface area contributed by atoms with Gasteiger partial charge in [0.2, 0.25) is 17.7 Å². The highest BCUT2D eigenvalue weighted by Crippen LogP contribution is 2.19. The molecular weight excluding hydrogens is 560 g/mol. The predicted octanol–water partition coefficient (Wildman–Crippen LogP) is 1.52. The number of carboxylic acid groups (broad SMARTS) is 1. The average Bonchev–Trinajstić information content (AvgIpc) is 3.65. The van der Waals surface area contributed by atoms with Crippen LogP contribution in [0.5, 0.6) is 0 Å². The molecule has 3 rings (SSSR count). The van der Waals surface area contributed by atoms with Crippen molar-refractivity contribution < 1.29 is 29.1 Å². The van der Waals surface area contributed by atoms with Gasteiger partial charge in [-0.2, -0.15) is 12.6 Å². The van der Waals surface area contributed by atoms with Crippen LogP contribution in [0.4, 0.5) is 0 Å². The molecule has 1 aliphatic heterocycles. The minimum absolute atomic E-state index is 0.00235. The van der Waals surface area contributed by atoms with Crippen molar-refractivity contribution >= 4 is 48.3 Å². The number of imidazole rings is 1. The summed E-state index contributed by atoms with van der Waals surface area (Å²) in [6, 6.07) is 5.75. The number of nitrogens with zero attached hydrogens (tertiary/aromatic N) is 2. The summed E-state index contributed by atoms with van der Waals surface area (Å²) >= 11 is 4.12. The Bertz CT molecular complexity index is 1270. The van der Waals surface area contributed by atoms with Crippen LogP contribution in [0.1, 0.15) is 50.8 Å². The number of likely N-dealkylation sites (tertiary alicyclic amines) is 1. The number of amides is 4. The fourth-order valence-electron chi connectivity index (χ4n) is 4.69. The predicted molar refractivity (Wildman–Crippen MR) is 159 cm³/mol. The lowest BCUT2D eigenvalue weighted by atomic mass is 10.0. The van der Waals surface area contributed by atoms with Crippen molar-refractivity contribution in [3.05, 3.63) is 59.8 Å². The van der Waals surface area contributed by atoms with Crippen molar-refractivity contribution in [2.24, 2.45) is 5.92 Å². The monoisotopic (exact) mass is 598 g/mol. The van der Waals surface area contributed by atoms with Crippen LogP contribution in [-0.4, -0.2) is 80.0 Å². The zero-order valence-corrected chi connectivity index (χ0v) is 24.6. The number of aliphatic carboxylic acids is 1. The number of hydrogen-bond acceptors (Lipinski definition) is 7. The van der Waals surface area contributed by atoms with Gasteiger partial charge in [0.05, 0.1) is 6.33 Å². The van der Waals surface area contributed by atoms with E-state index in [1.165, 1.54) is 23.5 Å². The van der Waals surface area contributed by atoms with Gasteiger partial charge in [-0.3, -0.25) is 19.2 Å². The Morgan fingerprint density at radius 3 is 2.50 bits per heavy atom. The first-order valence-electron chi connectivity index (χ1n) is 13.9.